The first-order chi connectivity index (χ1) is 13.0. The number of likely N-dealkylation sites (tertiary alicyclic amines) is 1. The van der Waals surface area contributed by atoms with E-state index in [1.807, 2.05) is 49.2 Å². The van der Waals surface area contributed by atoms with Gasteiger partial charge in [0.15, 0.2) is 0 Å². The Kier molecular flexibility index (Phi) is 4.35. The van der Waals surface area contributed by atoms with Crippen molar-refractivity contribution in [2.24, 2.45) is 0 Å². The number of carbonyl (C=O) groups is 1. The molecule has 5 nitrogen and oxygen atoms in total. The van der Waals surface area contributed by atoms with Crippen molar-refractivity contribution < 1.29 is 4.79 Å². The lowest BCUT2D eigenvalue weighted by Crippen LogP contribution is -2.52. The summed E-state index contributed by atoms with van der Waals surface area (Å²) in [5, 5.41) is 9.41. The molecule has 0 saturated carbocycles. The Morgan fingerprint density at radius 1 is 1.15 bits per heavy atom. The Labute approximate surface area is 160 Å². The van der Waals surface area contributed by atoms with Gasteiger partial charge in [0, 0.05) is 31.4 Å². The first kappa shape index (κ1) is 17.5. The number of nitriles is 1. The van der Waals surface area contributed by atoms with Gasteiger partial charge in [-0.05, 0) is 43.9 Å². The van der Waals surface area contributed by atoms with Crippen LogP contribution >= 0.6 is 0 Å². The molecule has 27 heavy (non-hydrogen) atoms. The molecule has 1 unspecified atom stereocenters. The largest absolute Gasteiger partial charge is 0.355 e. The molecule has 0 aliphatic carbocycles. The van der Waals surface area contributed by atoms with Crippen LogP contribution in [0.5, 0.6) is 0 Å². The number of nitrogens with zero attached hydrogens (tertiary/aromatic N) is 4. The van der Waals surface area contributed by atoms with Gasteiger partial charge < -0.3 is 9.80 Å². The van der Waals surface area contributed by atoms with Gasteiger partial charge in [-0.25, -0.2) is 4.98 Å². The number of hydrogen-bond donors (Lipinski definition) is 0. The lowest BCUT2D eigenvalue weighted by Gasteiger charge is -2.44. The maximum atomic E-state index is 12.9. The van der Waals surface area contributed by atoms with E-state index in [-0.39, 0.29) is 17.4 Å². The van der Waals surface area contributed by atoms with E-state index in [1.165, 1.54) is 0 Å². The van der Waals surface area contributed by atoms with Gasteiger partial charge in [-0.1, -0.05) is 30.3 Å². The molecule has 1 amide bonds. The zero-order valence-electron chi connectivity index (χ0n) is 15.9. The molecule has 1 atom stereocenters. The highest BCUT2D eigenvalue weighted by atomic mass is 16.2. The van der Waals surface area contributed by atoms with E-state index in [1.54, 1.807) is 0 Å². The predicted molar refractivity (Wildman–Crippen MR) is 104 cm³/mol. The number of benzene rings is 1. The number of amides is 1. The fourth-order valence-corrected chi connectivity index (χ4v) is 4.56. The molecule has 1 spiro atoms. The van der Waals surface area contributed by atoms with Gasteiger partial charge in [0.05, 0.1) is 11.5 Å². The smallest absolute Gasteiger partial charge is 0.230 e. The van der Waals surface area contributed by atoms with Crippen LogP contribution in [0.1, 0.15) is 42.0 Å². The molecular weight excluding hydrogens is 336 g/mol. The molecule has 1 aromatic heterocycles. The van der Waals surface area contributed by atoms with E-state index in [9.17, 15) is 10.1 Å². The molecule has 5 heteroatoms. The van der Waals surface area contributed by atoms with E-state index in [4.69, 9.17) is 0 Å². The molecule has 138 valence electrons. The highest BCUT2D eigenvalue weighted by Crippen LogP contribution is 2.45. The summed E-state index contributed by atoms with van der Waals surface area (Å²) in [5.41, 5.74) is 2.56. The molecule has 2 aliphatic rings. The van der Waals surface area contributed by atoms with Gasteiger partial charge in [-0.15, -0.1) is 0 Å². The molecule has 2 aromatic rings. The van der Waals surface area contributed by atoms with Crippen LogP contribution in [0.15, 0.2) is 42.5 Å². The van der Waals surface area contributed by atoms with Crippen LogP contribution < -0.4 is 4.90 Å². The maximum Gasteiger partial charge on any atom is 0.230 e. The van der Waals surface area contributed by atoms with Crippen LogP contribution in [-0.4, -0.2) is 41.5 Å². The number of aryl methyl sites for hydroxylation is 1. The predicted octanol–water partition coefficient (Wildman–Crippen LogP) is 3.25. The third kappa shape index (κ3) is 2.95. The highest BCUT2D eigenvalue weighted by Gasteiger charge is 2.50. The number of piperidine rings is 1. The number of rotatable bonds is 2. The second-order valence-corrected chi connectivity index (χ2v) is 7.71. The number of pyridine rings is 1. The summed E-state index contributed by atoms with van der Waals surface area (Å²) < 4.78 is 0. The number of aromatic nitrogens is 1. The van der Waals surface area contributed by atoms with Gasteiger partial charge in [0.25, 0.3) is 0 Å². The van der Waals surface area contributed by atoms with E-state index in [0.717, 1.165) is 49.4 Å². The third-order valence-electron chi connectivity index (χ3n) is 6.25. The van der Waals surface area contributed by atoms with Crippen molar-refractivity contribution in [3.63, 3.8) is 0 Å². The Morgan fingerprint density at radius 3 is 2.52 bits per heavy atom. The summed E-state index contributed by atoms with van der Waals surface area (Å²) in [5.74, 6) is 0.953. The third-order valence-corrected chi connectivity index (χ3v) is 6.25. The first-order valence-corrected chi connectivity index (χ1v) is 9.49. The molecule has 1 aromatic carbocycles. The van der Waals surface area contributed by atoms with E-state index in [2.05, 4.69) is 28.1 Å². The normalized spacial score (nSPS) is 21.5. The fourth-order valence-electron chi connectivity index (χ4n) is 4.56. The van der Waals surface area contributed by atoms with Crippen LogP contribution in [0.3, 0.4) is 0 Å². The molecule has 0 bridgehead atoms. The monoisotopic (exact) mass is 360 g/mol. The quantitative estimate of drug-likeness (QED) is 0.825. The van der Waals surface area contributed by atoms with Gasteiger partial charge in [0.2, 0.25) is 5.91 Å². The minimum atomic E-state index is -0.0925. The number of carbonyl (C=O) groups excluding carboxylic acids is 1. The van der Waals surface area contributed by atoms with E-state index >= 15 is 0 Å². The topological polar surface area (TPSA) is 60.2 Å². The van der Waals surface area contributed by atoms with Crippen molar-refractivity contribution in [3.8, 4) is 6.07 Å². The molecular formula is C22H24N4O. The summed E-state index contributed by atoms with van der Waals surface area (Å²) >= 11 is 0. The molecule has 3 heterocycles. The Morgan fingerprint density at radius 2 is 1.85 bits per heavy atom. The number of anilines is 1. The van der Waals surface area contributed by atoms with Crippen molar-refractivity contribution in [1.29, 1.82) is 5.26 Å². The highest BCUT2D eigenvalue weighted by molar-refractivity contribution is 5.87. The van der Waals surface area contributed by atoms with Gasteiger partial charge in [0.1, 0.15) is 11.9 Å². The fraction of sp³-hybridized carbons (Fsp3) is 0.409. The molecule has 0 N–H and O–H groups in total. The molecule has 2 saturated heterocycles. The molecule has 2 aliphatic heterocycles. The molecule has 4 rings (SSSR count). The standard InChI is InChI=1S/C22H24N4O/c1-16-8-9-18(15-23)20(24-16)26-12-10-22(11-13-26)14-19(21(27)25(22)2)17-6-4-3-5-7-17/h3-9,19H,10-14H2,1-2H3. The van der Waals surface area contributed by atoms with Gasteiger partial charge in [-0.2, -0.15) is 5.26 Å². The summed E-state index contributed by atoms with van der Waals surface area (Å²) in [4.78, 5) is 21.7. The average molecular weight is 360 g/mol. The minimum Gasteiger partial charge on any atom is -0.355 e. The van der Waals surface area contributed by atoms with Crippen molar-refractivity contribution in [1.82, 2.24) is 9.88 Å². The van der Waals surface area contributed by atoms with Crippen LogP contribution in [0.2, 0.25) is 0 Å². The van der Waals surface area contributed by atoms with Crippen molar-refractivity contribution >= 4 is 11.7 Å². The van der Waals surface area contributed by atoms with Crippen LogP contribution in [-0.2, 0) is 4.79 Å². The van der Waals surface area contributed by atoms with Crippen molar-refractivity contribution in [3.05, 3.63) is 59.3 Å². The summed E-state index contributed by atoms with van der Waals surface area (Å²) in [6.45, 7) is 3.57. The Bertz CT molecular complexity index is 894. The number of likely N-dealkylation sites (N-methyl/N-ethyl adjacent to an activating group) is 1. The number of hydrogen-bond acceptors (Lipinski definition) is 4. The second kappa shape index (κ2) is 6.70. The van der Waals surface area contributed by atoms with Crippen LogP contribution in [0.25, 0.3) is 0 Å². The van der Waals surface area contributed by atoms with Crippen LogP contribution in [0, 0.1) is 18.3 Å². The van der Waals surface area contributed by atoms with E-state index < -0.39 is 0 Å². The second-order valence-electron chi connectivity index (χ2n) is 7.71. The zero-order valence-corrected chi connectivity index (χ0v) is 15.9. The Hall–Kier alpha value is -2.87. The molecule has 2 fully saturated rings. The van der Waals surface area contributed by atoms with Crippen molar-refractivity contribution in [2.75, 3.05) is 25.0 Å². The van der Waals surface area contributed by atoms with Crippen molar-refractivity contribution in [2.45, 2.75) is 37.6 Å². The van der Waals surface area contributed by atoms with E-state index in [0.29, 0.717) is 5.56 Å². The van der Waals surface area contributed by atoms with Gasteiger partial charge in [-0.3, -0.25) is 4.79 Å². The first-order valence-electron chi connectivity index (χ1n) is 9.49. The summed E-state index contributed by atoms with van der Waals surface area (Å²) in [7, 11) is 1.95. The summed E-state index contributed by atoms with van der Waals surface area (Å²) in [6.07, 6.45) is 2.67. The maximum absolute atomic E-state index is 12.9. The SMILES string of the molecule is Cc1ccc(C#N)c(N2CCC3(CC2)CC(c2ccccc2)C(=O)N3C)n1. The minimum absolute atomic E-state index is 0.0467. The van der Waals surface area contributed by atoms with Gasteiger partial charge >= 0.3 is 0 Å². The average Bonchev–Trinajstić information content (AvgIpc) is 2.94. The Balaban J connectivity index is 1.54. The summed E-state index contributed by atoms with van der Waals surface area (Å²) in [6, 6.07) is 16.1. The lowest BCUT2D eigenvalue weighted by atomic mass is 9.81. The lowest BCUT2D eigenvalue weighted by molar-refractivity contribution is -0.131. The van der Waals surface area contributed by atoms with Crippen LogP contribution in [0.4, 0.5) is 5.82 Å². The molecule has 0 radical (unpaired) electrons. The zero-order chi connectivity index (χ0) is 19.0.